The number of piperidine rings is 1. The Morgan fingerprint density at radius 2 is 1.80 bits per heavy atom. The summed E-state index contributed by atoms with van der Waals surface area (Å²) < 4.78 is 23.4. The number of nitrogens with zero attached hydrogens (tertiary/aromatic N) is 6. The molecule has 4 aliphatic heterocycles. The van der Waals surface area contributed by atoms with Crippen LogP contribution < -0.4 is 10.2 Å². The molecule has 1 spiro atoms. The van der Waals surface area contributed by atoms with Crippen molar-refractivity contribution < 1.29 is 23.5 Å². The molecule has 260 valence electrons. The summed E-state index contributed by atoms with van der Waals surface area (Å²) in [6.45, 7) is 9.67. The molecule has 8 rings (SSSR count). The van der Waals surface area contributed by atoms with E-state index in [1.165, 1.54) is 22.3 Å². The van der Waals surface area contributed by atoms with Gasteiger partial charge in [-0.2, -0.15) is 0 Å². The molecule has 0 saturated carbocycles. The van der Waals surface area contributed by atoms with E-state index in [1.807, 2.05) is 54.5 Å². The first-order chi connectivity index (χ1) is 24.0. The van der Waals surface area contributed by atoms with E-state index < -0.39 is 29.3 Å². The normalized spacial score (nSPS) is 18.6. The molecular formula is C37H40FN7O4S. The number of amides is 3. The van der Waals surface area contributed by atoms with Crippen molar-refractivity contribution in [3.8, 4) is 11.1 Å². The average molecular weight is 698 g/mol. The van der Waals surface area contributed by atoms with Crippen molar-refractivity contribution >= 4 is 40.1 Å². The highest BCUT2D eigenvalue weighted by Gasteiger charge is 2.46. The van der Waals surface area contributed by atoms with Crippen LogP contribution in [0.15, 0.2) is 54.3 Å². The van der Waals surface area contributed by atoms with Gasteiger partial charge in [-0.1, -0.05) is 12.1 Å². The van der Waals surface area contributed by atoms with Gasteiger partial charge in [-0.25, -0.2) is 19.2 Å². The Morgan fingerprint density at radius 1 is 1.04 bits per heavy atom. The summed E-state index contributed by atoms with van der Waals surface area (Å²) in [6, 6.07) is 10.2. The number of thiazole rings is 1. The maximum atomic E-state index is 15.8. The SMILES string of the molecule is CC(C)(C)OC(=O)N1CCC2(CC1)CN(c1ccc(-c3cc(F)c4c(c3)C(=O)N(C(C(=O)Nc3nccs3)c3ncn5c3CCC5)C4)cc1)C2. The predicted molar refractivity (Wildman–Crippen MR) is 187 cm³/mol. The molecular weight excluding hydrogens is 658 g/mol. The molecule has 1 atom stereocenters. The Kier molecular flexibility index (Phi) is 7.92. The van der Waals surface area contributed by atoms with Crippen LogP contribution in [0.1, 0.15) is 73.4 Å². The van der Waals surface area contributed by atoms with Gasteiger partial charge in [-0.15, -0.1) is 11.3 Å². The predicted octanol–water partition coefficient (Wildman–Crippen LogP) is 6.27. The van der Waals surface area contributed by atoms with Gasteiger partial charge in [-0.05, 0) is 81.8 Å². The van der Waals surface area contributed by atoms with Crippen LogP contribution >= 0.6 is 11.3 Å². The minimum absolute atomic E-state index is 0.0340. The molecule has 0 aliphatic carbocycles. The highest BCUT2D eigenvalue weighted by Crippen LogP contribution is 2.44. The second-order valence-electron chi connectivity index (χ2n) is 14.9. The highest BCUT2D eigenvalue weighted by atomic mass is 32.1. The first kappa shape index (κ1) is 32.4. The minimum Gasteiger partial charge on any atom is -0.444 e. The fourth-order valence-corrected chi connectivity index (χ4v) is 8.31. The molecule has 4 aromatic rings. The average Bonchev–Trinajstić information content (AvgIpc) is 3.88. The number of aromatic nitrogens is 3. The number of carbonyl (C=O) groups excluding carboxylic acids is 3. The lowest BCUT2D eigenvalue weighted by molar-refractivity contribution is -0.121. The summed E-state index contributed by atoms with van der Waals surface area (Å²) in [5.74, 6) is -1.30. The molecule has 2 saturated heterocycles. The van der Waals surface area contributed by atoms with E-state index in [1.54, 1.807) is 24.0 Å². The van der Waals surface area contributed by atoms with Gasteiger partial charge in [0.1, 0.15) is 11.4 Å². The number of rotatable bonds is 6. The van der Waals surface area contributed by atoms with Gasteiger partial charge in [0.15, 0.2) is 11.2 Å². The summed E-state index contributed by atoms with van der Waals surface area (Å²) in [7, 11) is 0. The molecule has 13 heteroatoms. The molecule has 6 heterocycles. The lowest BCUT2D eigenvalue weighted by Gasteiger charge is -2.55. The minimum atomic E-state index is -1.03. The number of carbonyl (C=O) groups is 3. The summed E-state index contributed by atoms with van der Waals surface area (Å²) in [6.07, 6.45) is 6.65. The monoisotopic (exact) mass is 697 g/mol. The van der Waals surface area contributed by atoms with Gasteiger partial charge < -0.3 is 24.0 Å². The van der Waals surface area contributed by atoms with E-state index in [2.05, 4.69) is 20.2 Å². The number of hydrogen-bond acceptors (Lipinski definition) is 8. The Bertz CT molecular complexity index is 1950. The lowest BCUT2D eigenvalue weighted by Crippen LogP contribution is -2.61. The number of hydrogen-bond donors (Lipinski definition) is 1. The highest BCUT2D eigenvalue weighted by molar-refractivity contribution is 7.13. The largest absolute Gasteiger partial charge is 0.444 e. The van der Waals surface area contributed by atoms with E-state index in [0.717, 1.165) is 62.3 Å². The van der Waals surface area contributed by atoms with Crippen molar-refractivity contribution in [2.75, 3.05) is 36.4 Å². The molecule has 2 aromatic heterocycles. The number of nitrogens with one attached hydrogen (secondary N) is 1. The number of likely N-dealkylation sites (tertiary alicyclic amines) is 1. The van der Waals surface area contributed by atoms with E-state index in [-0.39, 0.29) is 29.2 Å². The Labute approximate surface area is 294 Å². The van der Waals surface area contributed by atoms with Gasteiger partial charge in [0.25, 0.3) is 11.8 Å². The van der Waals surface area contributed by atoms with E-state index >= 15 is 4.39 Å². The maximum Gasteiger partial charge on any atom is 0.410 e. The summed E-state index contributed by atoms with van der Waals surface area (Å²) in [5.41, 5.74) is 4.16. The van der Waals surface area contributed by atoms with E-state index in [4.69, 9.17) is 4.74 Å². The number of imidazole rings is 1. The van der Waals surface area contributed by atoms with Gasteiger partial charge in [0, 0.05) is 72.2 Å². The third kappa shape index (κ3) is 5.91. The molecule has 0 radical (unpaired) electrons. The Hall–Kier alpha value is -4.78. The molecule has 11 nitrogen and oxygen atoms in total. The summed E-state index contributed by atoms with van der Waals surface area (Å²) in [4.78, 5) is 54.6. The van der Waals surface area contributed by atoms with Crippen LogP contribution in [0.5, 0.6) is 0 Å². The number of aryl methyl sites for hydroxylation is 1. The molecule has 3 amide bonds. The van der Waals surface area contributed by atoms with Crippen LogP contribution in [-0.2, 0) is 29.0 Å². The Morgan fingerprint density at radius 3 is 2.50 bits per heavy atom. The van der Waals surface area contributed by atoms with Crippen molar-refractivity contribution in [2.24, 2.45) is 5.41 Å². The zero-order valence-corrected chi connectivity index (χ0v) is 29.3. The van der Waals surface area contributed by atoms with Crippen molar-refractivity contribution in [2.45, 2.75) is 71.2 Å². The first-order valence-corrected chi connectivity index (χ1v) is 18.1. The molecule has 0 bridgehead atoms. The number of halogens is 1. The first-order valence-electron chi connectivity index (χ1n) is 17.2. The quantitative estimate of drug-likeness (QED) is 0.253. The zero-order valence-electron chi connectivity index (χ0n) is 28.4. The van der Waals surface area contributed by atoms with Crippen molar-refractivity contribution in [1.29, 1.82) is 0 Å². The second kappa shape index (κ2) is 12.2. The smallest absolute Gasteiger partial charge is 0.410 e. The molecule has 4 aliphatic rings. The maximum absolute atomic E-state index is 15.8. The fraction of sp³-hybridized carbons (Fsp3) is 0.432. The molecule has 2 fully saturated rings. The van der Waals surface area contributed by atoms with E-state index in [0.29, 0.717) is 29.5 Å². The third-order valence-electron chi connectivity index (χ3n) is 10.4. The van der Waals surface area contributed by atoms with Crippen LogP contribution in [0.3, 0.4) is 0 Å². The van der Waals surface area contributed by atoms with E-state index in [9.17, 15) is 14.4 Å². The van der Waals surface area contributed by atoms with Gasteiger partial charge in [0.05, 0.1) is 18.6 Å². The molecule has 50 heavy (non-hydrogen) atoms. The van der Waals surface area contributed by atoms with Crippen LogP contribution in [0, 0.1) is 11.2 Å². The van der Waals surface area contributed by atoms with Crippen LogP contribution in [-0.4, -0.2) is 74.0 Å². The standard InChI is InChI=1S/C37H40FN7O4S/c1-36(2,3)49-35(48)42-14-10-37(11-15-42)20-44(21-37)25-8-6-23(7-9-25)24-17-26-27(28(38)18-24)19-45(33(26)47)31(32(46)41-34-39-12-16-50-34)30-29-5-4-13-43(29)22-40-30/h6-9,12,16-18,22,31H,4-5,10-11,13-15,19-21H2,1-3H3,(H,39,41,46). The third-order valence-corrected chi connectivity index (χ3v) is 11.1. The number of fused-ring (bicyclic) bond motifs is 2. The van der Waals surface area contributed by atoms with Crippen molar-refractivity contribution in [1.82, 2.24) is 24.3 Å². The van der Waals surface area contributed by atoms with Crippen molar-refractivity contribution in [3.63, 3.8) is 0 Å². The number of ether oxygens (including phenoxy) is 1. The second-order valence-corrected chi connectivity index (χ2v) is 15.8. The number of anilines is 2. The molecule has 2 aromatic carbocycles. The van der Waals surface area contributed by atoms with Gasteiger partial charge >= 0.3 is 6.09 Å². The van der Waals surface area contributed by atoms with Crippen molar-refractivity contribution in [3.05, 3.63) is 82.6 Å². The van der Waals surface area contributed by atoms with Crippen LogP contribution in [0.2, 0.25) is 0 Å². The summed E-state index contributed by atoms with van der Waals surface area (Å²) >= 11 is 1.29. The summed E-state index contributed by atoms with van der Waals surface area (Å²) in [5, 5.41) is 5.03. The lowest BCUT2D eigenvalue weighted by atomic mass is 9.72. The van der Waals surface area contributed by atoms with Gasteiger partial charge in [-0.3, -0.25) is 14.9 Å². The molecule has 1 N–H and O–H groups in total. The fourth-order valence-electron chi connectivity index (χ4n) is 7.78. The van der Waals surface area contributed by atoms with Crippen LogP contribution in [0.25, 0.3) is 11.1 Å². The topological polar surface area (TPSA) is 113 Å². The van der Waals surface area contributed by atoms with Gasteiger partial charge in [0.2, 0.25) is 0 Å². The van der Waals surface area contributed by atoms with Crippen LogP contribution in [0.4, 0.5) is 20.0 Å². The number of benzene rings is 2. The molecule has 1 unspecified atom stereocenters. The zero-order chi connectivity index (χ0) is 34.8. The Balaban J connectivity index is 0.967.